The van der Waals surface area contributed by atoms with Crippen molar-refractivity contribution in [1.29, 1.82) is 0 Å². The predicted octanol–water partition coefficient (Wildman–Crippen LogP) is 5.65. The normalized spacial score (nSPS) is 11.2. The number of halogens is 2. The Bertz CT molecular complexity index is 886. The van der Waals surface area contributed by atoms with E-state index in [0.717, 1.165) is 17.4 Å². The Kier molecular flexibility index (Phi) is 5.29. The van der Waals surface area contributed by atoms with Gasteiger partial charge in [-0.15, -0.1) is 0 Å². The van der Waals surface area contributed by atoms with Crippen molar-refractivity contribution in [1.82, 2.24) is 0 Å². The lowest BCUT2D eigenvalue weighted by molar-refractivity contribution is 0.306. The van der Waals surface area contributed by atoms with E-state index in [9.17, 15) is 8.78 Å². The van der Waals surface area contributed by atoms with Crippen LogP contribution in [0.2, 0.25) is 0 Å². The van der Waals surface area contributed by atoms with Crippen LogP contribution in [0.1, 0.15) is 12.5 Å². The Morgan fingerprint density at radius 2 is 1.64 bits per heavy atom. The number of fused-ring (bicyclic) bond motifs is 1. The fourth-order valence-electron chi connectivity index (χ4n) is 2.42. The quantitative estimate of drug-likeness (QED) is 0.540. The number of hydrogen-bond acceptors (Lipinski definition) is 2. The van der Waals surface area contributed by atoms with E-state index in [1.165, 1.54) is 12.1 Å². The number of ether oxygens (including phenoxy) is 2. The van der Waals surface area contributed by atoms with Crippen LogP contribution in [0.25, 0.3) is 10.8 Å². The maximum Gasteiger partial charge on any atom is 0.166 e. The number of hydrogen-bond donors (Lipinski definition) is 0. The molecular weight excluding hydrogens is 322 g/mol. The molecule has 0 aliphatic rings. The van der Waals surface area contributed by atoms with Crippen LogP contribution in [-0.2, 0) is 6.61 Å². The van der Waals surface area contributed by atoms with Gasteiger partial charge in [-0.25, -0.2) is 8.78 Å². The van der Waals surface area contributed by atoms with E-state index in [-0.39, 0.29) is 5.39 Å². The highest BCUT2D eigenvalue weighted by atomic mass is 19.2. The Morgan fingerprint density at radius 3 is 2.40 bits per heavy atom. The minimum absolute atomic E-state index is 0.245. The van der Waals surface area contributed by atoms with E-state index in [4.69, 9.17) is 9.47 Å². The molecule has 0 unspecified atom stereocenters. The first-order valence-corrected chi connectivity index (χ1v) is 8.01. The molecule has 0 saturated heterocycles. The molecule has 0 spiro atoms. The largest absolute Gasteiger partial charge is 0.490 e. The van der Waals surface area contributed by atoms with Gasteiger partial charge in [-0.05, 0) is 54.3 Å². The molecule has 128 valence electrons. The second kappa shape index (κ2) is 7.79. The van der Waals surface area contributed by atoms with Crippen molar-refractivity contribution in [3.8, 4) is 11.5 Å². The van der Waals surface area contributed by atoms with Crippen molar-refractivity contribution < 1.29 is 18.3 Å². The van der Waals surface area contributed by atoms with Crippen LogP contribution in [0.5, 0.6) is 11.5 Å². The highest BCUT2D eigenvalue weighted by Crippen LogP contribution is 2.25. The summed E-state index contributed by atoms with van der Waals surface area (Å²) in [5.41, 5.74) is 0.990. The summed E-state index contributed by atoms with van der Waals surface area (Å²) in [6.07, 6.45) is 3.87. The van der Waals surface area contributed by atoms with Crippen LogP contribution in [0.3, 0.4) is 0 Å². The summed E-state index contributed by atoms with van der Waals surface area (Å²) in [7, 11) is 0. The average molecular weight is 340 g/mol. The molecule has 0 atom stereocenters. The highest BCUT2D eigenvalue weighted by molar-refractivity contribution is 5.84. The van der Waals surface area contributed by atoms with E-state index >= 15 is 0 Å². The first-order chi connectivity index (χ1) is 12.2. The van der Waals surface area contributed by atoms with Crippen LogP contribution >= 0.6 is 0 Å². The SMILES string of the molecule is CC=CCOc1ccc(COc2ccc3c(F)c(F)ccc3c2)cc1. The van der Waals surface area contributed by atoms with Crippen LogP contribution < -0.4 is 9.47 Å². The molecule has 0 radical (unpaired) electrons. The molecular formula is C21H18F2O2. The molecule has 3 aromatic rings. The molecule has 3 aromatic carbocycles. The zero-order valence-corrected chi connectivity index (χ0v) is 13.8. The maximum atomic E-state index is 13.7. The Morgan fingerprint density at radius 1 is 0.880 bits per heavy atom. The molecule has 0 amide bonds. The van der Waals surface area contributed by atoms with Gasteiger partial charge in [0.25, 0.3) is 0 Å². The third-order valence-electron chi connectivity index (χ3n) is 3.79. The van der Waals surface area contributed by atoms with Crippen LogP contribution in [0.4, 0.5) is 8.78 Å². The molecule has 3 rings (SSSR count). The fraction of sp³-hybridized carbons (Fsp3) is 0.143. The van der Waals surface area contributed by atoms with Gasteiger partial charge in [0, 0.05) is 5.39 Å². The van der Waals surface area contributed by atoms with Gasteiger partial charge in [-0.1, -0.05) is 30.4 Å². The molecule has 0 fully saturated rings. The Hall–Kier alpha value is -2.88. The summed E-state index contributed by atoms with van der Waals surface area (Å²) < 4.78 is 38.2. The predicted molar refractivity (Wildman–Crippen MR) is 94.9 cm³/mol. The van der Waals surface area contributed by atoms with E-state index in [1.807, 2.05) is 43.3 Å². The van der Waals surface area contributed by atoms with Gasteiger partial charge < -0.3 is 9.47 Å². The van der Waals surface area contributed by atoms with Gasteiger partial charge in [0.05, 0.1) is 0 Å². The van der Waals surface area contributed by atoms with E-state index in [0.29, 0.717) is 24.3 Å². The van der Waals surface area contributed by atoms with Crippen molar-refractivity contribution in [2.45, 2.75) is 13.5 Å². The van der Waals surface area contributed by atoms with Gasteiger partial charge in [0.15, 0.2) is 11.6 Å². The van der Waals surface area contributed by atoms with Crippen molar-refractivity contribution in [3.05, 3.63) is 83.9 Å². The van der Waals surface area contributed by atoms with Crippen LogP contribution in [-0.4, -0.2) is 6.61 Å². The van der Waals surface area contributed by atoms with Gasteiger partial charge in [0.2, 0.25) is 0 Å². The fourth-order valence-corrected chi connectivity index (χ4v) is 2.42. The van der Waals surface area contributed by atoms with Crippen molar-refractivity contribution >= 4 is 10.8 Å². The molecule has 0 bridgehead atoms. The standard InChI is InChI=1S/C21H18F2O2/c1-2-3-12-24-17-7-4-15(5-8-17)14-25-18-9-10-19-16(13-18)6-11-20(22)21(19)23/h2-11,13H,12,14H2,1H3. The molecule has 25 heavy (non-hydrogen) atoms. The summed E-state index contributed by atoms with van der Waals surface area (Å²) >= 11 is 0. The minimum atomic E-state index is -0.849. The van der Waals surface area contributed by atoms with Crippen LogP contribution in [0.15, 0.2) is 66.7 Å². The molecule has 0 N–H and O–H groups in total. The molecule has 2 nitrogen and oxygen atoms in total. The van der Waals surface area contributed by atoms with Crippen molar-refractivity contribution in [2.24, 2.45) is 0 Å². The lowest BCUT2D eigenvalue weighted by Gasteiger charge is -2.09. The second-order valence-corrected chi connectivity index (χ2v) is 5.56. The first kappa shape index (κ1) is 17.0. The number of benzene rings is 3. The Balaban J connectivity index is 1.65. The van der Waals surface area contributed by atoms with Gasteiger partial charge in [-0.2, -0.15) is 0 Å². The minimum Gasteiger partial charge on any atom is -0.490 e. The van der Waals surface area contributed by atoms with Gasteiger partial charge in [-0.3, -0.25) is 0 Å². The molecule has 4 heteroatoms. The number of allylic oxidation sites excluding steroid dienone is 1. The summed E-state index contributed by atoms with van der Waals surface area (Å²) in [4.78, 5) is 0. The van der Waals surface area contributed by atoms with Crippen LogP contribution in [0, 0.1) is 11.6 Å². The molecule has 0 aromatic heterocycles. The number of rotatable bonds is 6. The van der Waals surface area contributed by atoms with Crippen molar-refractivity contribution in [2.75, 3.05) is 6.61 Å². The zero-order chi connectivity index (χ0) is 17.6. The first-order valence-electron chi connectivity index (χ1n) is 8.01. The summed E-state index contributed by atoms with van der Waals surface area (Å²) in [5, 5.41) is 0.846. The van der Waals surface area contributed by atoms with E-state index < -0.39 is 11.6 Å². The smallest absolute Gasteiger partial charge is 0.166 e. The molecule has 0 heterocycles. The third kappa shape index (κ3) is 4.15. The third-order valence-corrected chi connectivity index (χ3v) is 3.79. The highest BCUT2D eigenvalue weighted by Gasteiger charge is 2.07. The van der Waals surface area contributed by atoms with Gasteiger partial charge in [0.1, 0.15) is 24.7 Å². The van der Waals surface area contributed by atoms with E-state index in [1.54, 1.807) is 12.1 Å². The zero-order valence-electron chi connectivity index (χ0n) is 13.8. The molecule has 0 aliphatic carbocycles. The lowest BCUT2D eigenvalue weighted by Crippen LogP contribution is -1.97. The maximum absolute atomic E-state index is 13.7. The summed E-state index contributed by atoms with van der Waals surface area (Å²) in [6, 6.07) is 15.2. The topological polar surface area (TPSA) is 18.5 Å². The van der Waals surface area contributed by atoms with Crippen molar-refractivity contribution in [3.63, 3.8) is 0 Å². The average Bonchev–Trinajstić information content (AvgIpc) is 2.64. The van der Waals surface area contributed by atoms with Gasteiger partial charge >= 0.3 is 0 Å². The molecule has 0 saturated carbocycles. The lowest BCUT2D eigenvalue weighted by atomic mass is 10.1. The summed E-state index contributed by atoms with van der Waals surface area (Å²) in [6.45, 7) is 2.87. The second-order valence-electron chi connectivity index (χ2n) is 5.56. The Labute approximate surface area is 145 Å². The monoisotopic (exact) mass is 340 g/mol. The summed E-state index contributed by atoms with van der Waals surface area (Å²) in [5.74, 6) is -0.285. The van der Waals surface area contributed by atoms with E-state index in [2.05, 4.69) is 0 Å². The molecule has 0 aliphatic heterocycles.